The second-order valence-electron chi connectivity index (χ2n) is 4.05. The summed E-state index contributed by atoms with van der Waals surface area (Å²) in [5.74, 6) is -3.65. The normalized spacial score (nSPS) is 10.3. The van der Waals surface area contributed by atoms with Gasteiger partial charge in [-0.15, -0.1) is 0 Å². The molecule has 2 aromatic rings. The molecule has 22 heavy (non-hydrogen) atoms. The maximum atomic E-state index is 10.8. The average Bonchev–Trinajstić information content (AvgIpc) is 2.48. The molecule has 0 aromatic heterocycles. The summed E-state index contributed by atoms with van der Waals surface area (Å²) in [6.45, 7) is 0. The molecule has 0 heterocycles. The van der Waals surface area contributed by atoms with Crippen molar-refractivity contribution in [3.8, 4) is 11.1 Å². The average molecular weight is 312 g/mol. The van der Waals surface area contributed by atoms with Gasteiger partial charge >= 0.3 is 18.1 Å². The van der Waals surface area contributed by atoms with Crippen molar-refractivity contribution < 1.29 is 33.0 Å². The lowest BCUT2D eigenvalue weighted by Crippen LogP contribution is -2.21. The number of hydrogen-bond donors (Lipinski definition) is 2. The van der Waals surface area contributed by atoms with Crippen LogP contribution in [0.25, 0.3) is 11.1 Å². The number of aliphatic carboxylic acids is 1. The van der Waals surface area contributed by atoms with E-state index < -0.39 is 18.1 Å². The highest BCUT2D eigenvalue weighted by Gasteiger charge is 2.38. The highest BCUT2D eigenvalue weighted by Crippen LogP contribution is 2.19. The molecule has 2 rings (SSSR count). The summed E-state index contributed by atoms with van der Waals surface area (Å²) in [5.41, 5.74) is 2.27. The smallest absolute Gasteiger partial charge is 0.478 e. The van der Waals surface area contributed by atoms with Crippen molar-refractivity contribution in [2.24, 2.45) is 0 Å². The minimum Gasteiger partial charge on any atom is -0.478 e. The van der Waals surface area contributed by atoms with Crippen LogP contribution < -0.4 is 0 Å². The molecule has 0 saturated carbocycles. The van der Waals surface area contributed by atoms with Gasteiger partial charge in [-0.3, -0.25) is 0 Å². The molecular formula is C15H11F3O4. The SMILES string of the molecule is O=C(O)C(F)(F)F.O=C(O)c1cccc(-c2ccccc2)c1. The summed E-state index contributed by atoms with van der Waals surface area (Å²) in [6.07, 6.45) is -5.08. The lowest BCUT2D eigenvalue weighted by molar-refractivity contribution is -0.192. The number of benzene rings is 2. The Kier molecular flexibility index (Phi) is 5.68. The largest absolute Gasteiger partial charge is 0.490 e. The van der Waals surface area contributed by atoms with Gasteiger partial charge in [0.1, 0.15) is 0 Å². The first-order valence-electron chi connectivity index (χ1n) is 5.90. The Morgan fingerprint density at radius 2 is 1.32 bits per heavy atom. The van der Waals surface area contributed by atoms with Crippen LogP contribution in [-0.2, 0) is 4.79 Å². The van der Waals surface area contributed by atoms with E-state index in [9.17, 15) is 18.0 Å². The van der Waals surface area contributed by atoms with Crippen molar-refractivity contribution in [2.75, 3.05) is 0 Å². The summed E-state index contributed by atoms with van der Waals surface area (Å²) >= 11 is 0. The van der Waals surface area contributed by atoms with E-state index in [0.29, 0.717) is 5.56 Å². The van der Waals surface area contributed by atoms with Crippen LogP contribution in [0.5, 0.6) is 0 Å². The molecule has 0 aliphatic rings. The molecule has 2 N–H and O–H groups in total. The first kappa shape index (κ1) is 17.2. The molecular weight excluding hydrogens is 301 g/mol. The van der Waals surface area contributed by atoms with Crippen LogP contribution in [0.1, 0.15) is 10.4 Å². The second kappa shape index (κ2) is 7.26. The summed E-state index contributed by atoms with van der Waals surface area (Å²) in [5, 5.41) is 16.0. The van der Waals surface area contributed by atoms with E-state index in [-0.39, 0.29) is 0 Å². The minimum absolute atomic E-state index is 0.316. The number of hydrogen-bond acceptors (Lipinski definition) is 2. The predicted octanol–water partition coefficient (Wildman–Crippen LogP) is 3.69. The third kappa shape index (κ3) is 5.28. The fraction of sp³-hybridized carbons (Fsp3) is 0.0667. The van der Waals surface area contributed by atoms with Crippen LogP contribution in [-0.4, -0.2) is 28.3 Å². The topological polar surface area (TPSA) is 74.6 Å². The Hall–Kier alpha value is -2.83. The van der Waals surface area contributed by atoms with Gasteiger partial charge in [0, 0.05) is 0 Å². The third-order valence-electron chi connectivity index (χ3n) is 2.46. The van der Waals surface area contributed by atoms with Crippen LogP contribution in [0.3, 0.4) is 0 Å². The van der Waals surface area contributed by atoms with E-state index in [1.54, 1.807) is 18.2 Å². The number of rotatable bonds is 2. The number of carbonyl (C=O) groups is 2. The fourth-order valence-electron chi connectivity index (χ4n) is 1.46. The van der Waals surface area contributed by atoms with Crippen molar-refractivity contribution in [1.82, 2.24) is 0 Å². The Morgan fingerprint density at radius 1 is 0.818 bits per heavy atom. The quantitative estimate of drug-likeness (QED) is 0.887. The summed E-state index contributed by atoms with van der Waals surface area (Å²) in [6, 6.07) is 16.7. The molecule has 4 nitrogen and oxygen atoms in total. The van der Waals surface area contributed by atoms with E-state index in [1.807, 2.05) is 36.4 Å². The lowest BCUT2D eigenvalue weighted by atomic mass is 10.0. The zero-order valence-corrected chi connectivity index (χ0v) is 11.0. The van der Waals surface area contributed by atoms with E-state index in [4.69, 9.17) is 15.0 Å². The first-order chi connectivity index (χ1) is 10.2. The molecule has 0 bridgehead atoms. The summed E-state index contributed by atoms with van der Waals surface area (Å²) in [7, 11) is 0. The molecule has 0 aliphatic carbocycles. The van der Waals surface area contributed by atoms with Gasteiger partial charge in [-0.2, -0.15) is 13.2 Å². The number of aromatic carboxylic acids is 1. The molecule has 0 spiro atoms. The highest BCUT2D eigenvalue weighted by molar-refractivity contribution is 5.89. The Bertz CT molecular complexity index is 651. The zero-order valence-electron chi connectivity index (χ0n) is 11.0. The number of carboxylic acids is 2. The molecule has 0 unspecified atom stereocenters. The molecule has 7 heteroatoms. The Morgan fingerprint density at radius 3 is 1.77 bits per heavy atom. The van der Waals surface area contributed by atoms with Gasteiger partial charge in [0.15, 0.2) is 0 Å². The fourth-order valence-corrected chi connectivity index (χ4v) is 1.46. The minimum atomic E-state index is -5.08. The first-order valence-corrected chi connectivity index (χ1v) is 5.90. The second-order valence-corrected chi connectivity index (χ2v) is 4.05. The molecule has 2 aromatic carbocycles. The predicted molar refractivity (Wildman–Crippen MR) is 72.5 cm³/mol. The number of halogens is 3. The number of alkyl halides is 3. The highest BCUT2D eigenvalue weighted by atomic mass is 19.4. The van der Waals surface area contributed by atoms with Crippen LogP contribution in [0, 0.1) is 0 Å². The third-order valence-corrected chi connectivity index (χ3v) is 2.46. The van der Waals surface area contributed by atoms with E-state index >= 15 is 0 Å². The van der Waals surface area contributed by atoms with Crippen LogP contribution in [0.2, 0.25) is 0 Å². The molecule has 0 aliphatic heterocycles. The summed E-state index contributed by atoms with van der Waals surface area (Å²) in [4.78, 5) is 19.7. The Balaban J connectivity index is 0.000000295. The van der Waals surface area contributed by atoms with Gasteiger partial charge in [-0.05, 0) is 23.3 Å². The standard InChI is InChI=1S/C13H10O2.C2HF3O2/c14-13(15)12-8-4-7-11(9-12)10-5-2-1-3-6-10;3-2(4,5)1(6)7/h1-9H,(H,14,15);(H,6,7). The van der Waals surface area contributed by atoms with E-state index in [2.05, 4.69) is 0 Å². The van der Waals surface area contributed by atoms with Crippen LogP contribution >= 0.6 is 0 Å². The van der Waals surface area contributed by atoms with Crippen molar-refractivity contribution in [1.29, 1.82) is 0 Å². The van der Waals surface area contributed by atoms with Gasteiger partial charge in [-0.1, -0.05) is 42.5 Å². The molecule has 0 saturated heterocycles. The van der Waals surface area contributed by atoms with Gasteiger partial charge in [0.2, 0.25) is 0 Å². The van der Waals surface area contributed by atoms with E-state index in [1.165, 1.54) is 0 Å². The maximum absolute atomic E-state index is 10.8. The van der Waals surface area contributed by atoms with Crippen LogP contribution in [0.15, 0.2) is 54.6 Å². The van der Waals surface area contributed by atoms with Gasteiger partial charge in [0.05, 0.1) is 5.56 Å². The molecule has 0 radical (unpaired) electrons. The molecule has 0 fully saturated rings. The lowest BCUT2D eigenvalue weighted by Gasteiger charge is -2.02. The molecule has 0 atom stereocenters. The zero-order chi connectivity index (χ0) is 16.8. The van der Waals surface area contributed by atoms with Gasteiger partial charge in [-0.25, -0.2) is 9.59 Å². The van der Waals surface area contributed by atoms with E-state index in [0.717, 1.165) is 11.1 Å². The van der Waals surface area contributed by atoms with Crippen LogP contribution in [0.4, 0.5) is 13.2 Å². The molecule has 0 amide bonds. The van der Waals surface area contributed by atoms with Crippen molar-refractivity contribution in [3.05, 3.63) is 60.2 Å². The van der Waals surface area contributed by atoms with Crippen molar-refractivity contribution in [3.63, 3.8) is 0 Å². The van der Waals surface area contributed by atoms with Gasteiger partial charge < -0.3 is 10.2 Å². The monoisotopic (exact) mass is 312 g/mol. The van der Waals surface area contributed by atoms with Crippen molar-refractivity contribution >= 4 is 11.9 Å². The molecule has 116 valence electrons. The maximum Gasteiger partial charge on any atom is 0.490 e. The Labute approximate surface area is 123 Å². The van der Waals surface area contributed by atoms with Crippen molar-refractivity contribution in [2.45, 2.75) is 6.18 Å². The summed E-state index contributed by atoms with van der Waals surface area (Å²) < 4.78 is 31.7. The number of carboxylic acid groups (broad SMARTS) is 2. The van der Waals surface area contributed by atoms with Gasteiger partial charge in [0.25, 0.3) is 0 Å².